The summed E-state index contributed by atoms with van der Waals surface area (Å²) in [4.78, 5) is 25.0. The number of phosphoric acid groups is 1. The van der Waals surface area contributed by atoms with Crippen molar-refractivity contribution < 1.29 is 32.6 Å². The molecule has 9 heteroatoms. The van der Waals surface area contributed by atoms with Crippen LogP contribution in [0.3, 0.4) is 0 Å². The third-order valence-electron chi connectivity index (χ3n) is 7.45. The van der Waals surface area contributed by atoms with Gasteiger partial charge in [-0.2, -0.15) is 4.57 Å². The molecule has 1 aromatic heterocycles. The van der Waals surface area contributed by atoms with Crippen LogP contribution < -0.4 is 18.4 Å². The minimum Gasteiger partial charge on any atom is -0.494 e. The summed E-state index contributed by atoms with van der Waals surface area (Å²) in [5.41, 5.74) is 3.17. The number of phosphoric ester groups is 1. The molecule has 0 saturated carbocycles. The van der Waals surface area contributed by atoms with Crippen LogP contribution in [0.25, 0.3) is 0 Å². The van der Waals surface area contributed by atoms with Crippen LogP contribution in [0.1, 0.15) is 125 Å². The first-order valence-electron chi connectivity index (χ1n) is 16.3. The van der Waals surface area contributed by atoms with Crippen molar-refractivity contribution in [3.05, 3.63) is 70.2 Å². The summed E-state index contributed by atoms with van der Waals surface area (Å²) >= 11 is 1.65. The van der Waals surface area contributed by atoms with Gasteiger partial charge in [0.2, 0.25) is 5.51 Å². The van der Waals surface area contributed by atoms with E-state index in [0.29, 0.717) is 25.3 Å². The molecule has 1 heterocycles. The average molecular weight is 645 g/mol. The van der Waals surface area contributed by atoms with Gasteiger partial charge in [0.25, 0.3) is 0 Å². The van der Waals surface area contributed by atoms with E-state index in [0.717, 1.165) is 37.7 Å². The van der Waals surface area contributed by atoms with Crippen LogP contribution in [0.15, 0.2) is 54.2 Å². The summed E-state index contributed by atoms with van der Waals surface area (Å²) in [5, 5.41) is 0. The zero-order valence-corrected chi connectivity index (χ0v) is 28.5. The third-order valence-corrected chi connectivity index (χ3v) is 9.17. The molecule has 0 saturated heterocycles. The van der Waals surface area contributed by atoms with Gasteiger partial charge in [0.05, 0.1) is 17.0 Å². The maximum Gasteiger partial charge on any atom is 0.584 e. The van der Waals surface area contributed by atoms with Gasteiger partial charge >= 0.3 is 7.82 Å². The number of thiazole rings is 1. The predicted molar refractivity (Wildman–Crippen MR) is 178 cm³/mol. The van der Waals surface area contributed by atoms with Gasteiger partial charge in [-0.25, -0.2) is 4.57 Å². The van der Waals surface area contributed by atoms with E-state index < -0.39 is 7.82 Å². The van der Waals surface area contributed by atoms with Crippen molar-refractivity contribution in [3.63, 3.8) is 0 Å². The van der Waals surface area contributed by atoms with Crippen LogP contribution in [-0.4, -0.2) is 17.3 Å². The Kier molecular flexibility index (Phi) is 16.0. The minimum absolute atomic E-state index is 0.0177. The Morgan fingerprint density at radius 2 is 1.52 bits per heavy atom. The first kappa shape index (κ1) is 35.8. The number of aromatic nitrogens is 1. The maximum absolute atomic E-state index is 13.2. The molecule has 2 aromatic carbocycles. The number of ketones is 1. The quantitative estimate of drug-likeness (QED) is 0.0479. The van der Waals surface area contributed by atoms with Crippen LogP contribution in [0, 0.1) is 6.92 Å². The lowest BCUT2D eigenvalue weighted by Gasteiger charge is -2.17. The molecule has 0 fully saturated rings. The Balaban J connectivity index is 1.57. The largest absolute Gasteiger partial charge is 0.584 e. The lowest BCUT2D eigenvalue weighted by molar-refractivity contribution is -0.683. The lowest BCUT2D eigenvalue weighted by atomic mass is 10.0. The fraction of sp³-hybridized carbons (Fsp3) is 0.543. The molecule has 0 aliphatic rings. The van der Waals surface area contributed by atoms with E-state index in [1.54, 1.807) is 41.7 Å². The van der Waals surface area contributed by atoms with Gasteiger partial charge in [-0.15, -0.1) is 0 Å². The zero-order chi connectivity index (χ0) is 31.6. The van der Waals surface area contributed by atoms with Crippen molar-refractivity contribution in [1.82, 2.24) is 0 Å². The van der Waals surface area contributed by atoms with Gasteiger partial charge in [0.15, 0.2) is 18.5 Å². The number of carbonyl (C=O) groups is 1. The summed E-state index contributed by atoms with van der Waals surface area (Å²) in [5.74, 6) is 0.634. The second kappa shape index (κ2) is 19.7. The van der Waals surface area contributed by atoms with Crippen molar-refractivity contribution in [3.8, 4) is 17.2 Å². The van der Waals surface area contributed by atoms with Crippen LogP contribution in [-0.2, 0) is 11.1 Å². The number of hydrogen-bond donors (Lipinski definition) is 1. The lowest BCUT2D eigenvalue weighted by Crippen LogP contribution is -2.30. The summed E-state index contributed by atoms with van der Waals surface area (Å²) in [6.07, 6.45) is 17.5. The van der Waals surface area contributed by atoms with E-state index in [-0.39, 0.29) is 22.8 Å². The van der Waals surface area contributed by atoms with Gasteiger partial charge in [-0.3, -0.25) is 9.69 Å². The standard InChI is InChI=1S/C35H50NO6PS/c1-4-6-8-9-10-11-12-13-14-16-23-40-31-21-22-35(33(25-31)34(37)20-15-7-5-2)42-43(38,39)41-32-19-17-18-30(24-32)27-36-26-29(3)44-28-36/h17-19,21-22,24-26,28H,4-16,20,23,27H2,1-3H3/p+1. The summed E-state index contributed by atoms with van der Waals surface area (Å²) in [6, 6.07) is 11.9. The second-order valence-electron chi connectivity index (χ2n) is 11.5. The number of benzene rings is 2. The van der Waals surface area contributed by atoms with E-state index >= 15 is 0 Å². The number of ether oxygens (including phenoxy) is 1. The average Bonchev–Trinajstić information content (AvgIpc) is 3.40. The molecule has 0 amide bonds. The molecule has 7 nitrogen and oxygen atoms in total. The predicted octanol–water partition coefficient (Wildman–Crippen LogP) is 10.0. The summed E-state index contributed by atoms with van der Waals surface area (Å²) in [6.45, 7) is 7.53. The van der Waals surface area contributed by atoms with Gasteiger partial charge < -0.3 is 13.8 Å². The Labute approximate surface area is 268 Å². The van der Waals surface area contributed by atoms with E-state index in [1.165, 1.54) is 62.3 Å². The Hall–Kier alpha value is -2.67. The van der Waals surface area contributed by atoms with Gasteiger partial charge in [-0.05, 0) is 50.1 Å². The zero-order valence-electron chi connectivity index (χ0n) is 26.8. The summed E-state index contributed by atoms with van der Waals surface area (Å²) < 4.78 is 32.0. The molecule has 242 valence electrons. The highest BCUT2D eigenvalue weighted by Gasteiger charge is 2.28. The van der Waals surface area contributed by atoms with Crippen molar-refractivity contribution in [2.75, 3.05) is 6.61 Å². The van der Waals surface area contributed by atoms with Crippen molar-refractivity contribution in [1.29, 1.82) is 0 Å². The van der Waals surface area contributed by atoms with E-state index in [1.807, 2.05) is 29.3 Å². The van der Waals surface area contributed by atoms with Crippen molar-refractivity contribution >= 4 is 24.9 Å². The first-order chi connectivity index (χ1) is 21.3. The minimum atomic E-state index is -4.59. The molecule has 0 aliphatic heterocycles. The second-order valence-corrected chi connectivity index (χ2v) is 13.9. The maximum atomic E-state index is 13.2. The molecular formula is C35H51NO6PS+. The third kappa shape index (κ3) is 13.5. The molecule has 0 radical (unpaired) electrons. The smallest absolute Gasteiger partial charge is 0.494 e. The highest BCUT2D eigenvalue weighted by atomic mass is 32.1. The SMILES string of the molecule is CCCCCCCCCCCCOc1ccc(OP(=O)(O)Oc2cccc(C[n+]3csc(C)c3)c2)c(C(=O)CCCCC)c1. The number of rotatable bonds is 23. The molecule has 3 rings (SSSR count). The number of hydrogen-bond acceptors (Lipinski definition) is 6. The fourth-order valence-electron chi connectivity index (χ4n) is 5.06. The highest BCUT2D eigenvalue weighted by Crippen LogP contribution is 2.46. The number of aryl methyl sites for hydroxylation is 1. The molecule has 1 unspecified atom stereocenters. The molecule has 44 heavy (non-hydrogen) atoms. The topological polar surface area (TPSA) is 85.9 Å². The Morgan fingerprint density at radius 1 is 0.841 bits per heavy atom. The highest BCUT2D eigenvalue weighted by molar-refractivity contribution is 7.48. The molecule has 1 N–H and O–H groups in total. The molecule has 1 atom stereocenters. The Morgan fingerprint density at radius 3 is 2.20 bits per heavy atom. The van der Waals surface area contributed by atoms with Crippen LogP contribution >= 0.6 is 19.2 Å². The summed E-state index contributed by atoms with van der Waals surface area (Å²) in [7, 11) is -4.59. The molecular weight excluding hydrogens is 593 g/mol. The van der Waals surface area contributed by atoms with E-state index in [4.69, 9.17) is 13.8 Å². The van der Waals surface area contributed by atoms with E-state index in [9.17, 15) is 14.3 Å². The number of unbranched alkanes of at least 4 members (excludes halogenated alkanes) is 11. The Bertz CT molecular complexity index is 1330. The van der Waals surface area contributed by atoms with Crippen molar-refractivity contribution in [2.45, 2.75) is 117 Å². The van der Waals surface area contributed by atoms with Gasteiger partial charge in [0, 0.05) is 12.0 Å². The van der Waals surface area contributed by atoms with Crippen LogP contribution in [0.2, 0.25) is 0 Å². The fourth-order valence-corrected chi connectivity index (χ4v) is 6.52. The monoisotopic (exact) mass is 644 g/mol. The van der Waals surface area contributed by atoms with Crippen molar-refractivity contribution in [2.24, 2.45) is 0 Å². The normalized spacial score (nSPS) is 12.5. The number of Topliss-reactive ketones (excluding diaryl/α,β-unsaturated/α-hetero) is 1. The number of carbonyl (C=O) groups excluding carboxylic acids is 1. The van der Waals surface area contributed by atoms with Crippen LogP contribution in [0.4, 0.5) is 0 Å². The molecule has 3 aromatic rings. The molecule has 0 aliphatic carbocycles. The number of nitrogens with zero attached hydrogens (tertiary/aromatic N) is 1. The molecule has 0 spiro atoms. The van der Waals surface area contributed by atoms with Crippen LogP contribution in [0.5, 0.6) is 17.2 Å². The molecule has 0 bridgehead atoms. The first-order valence-corrected chi connectivity index (χ1v) is 18.7. The van der Waals surface area contributed by atoms with E-state index in [2.05, 4.69) is 13.8 Å². The van der Waals surface area contributed by atoms with Gasteiger partial charge in [0.1, 0.15) is 17.2 Å². The van der Waals surface area contributed by atoms with Gasteiger partial charge in [-0.1, -0.05) is 108 Å².